The average molecular weight is 735 g/mol. The van der Waals surface area contributed by atoms with E-state index in [9.17, 15) is 19.5 Å². The van der Waals surface area contributed by atoms with Crippen molar-refractivity contribution in [2.45, 2.75) is 25.9 Å². The Morgan fingerprint density at radius 3 is 2.61 bits per heavy atom. The minimum atomic E-state index is -0.927. The number of nitrogens with one attached hydrogen (secondary N) is 1. The monoisotopic (exact) mass is 733 g/mol. The highest BCUT2D eigenvalue weighted by Crippen LogP contribution is 2.39. The highest BCUT2D eigenvalue weighted by Gasteiger charge is 2.31. The Balaban J connectivity index is 1.18. The number of likely N-dealkylation sites (N-methyl/N-ethyl adjacent to an activating group) is 1. The molecule has 1 unspecified atom stereocenters. The second-order valence-electron chi connectivity index (χ2n) is 12.9. The summed E-state index contributed by atoms with van der Waals surface area (Å²) in [6.07, 6.45) is 2.57. The van der Waals surface area contributed by atoms with E-state index in [1.54, 1.807) is 36.4 Å². The van der Waals surface area contributed by atoms with Crippen LogP contribution in [0.5, 0.6) is 5.75 Å². The number of aliphatic carboxylic acids is 1. The zero-order chi connectivity index (χ0) is 36.1. The molecular weight excluding hydrogens is 700 g/mol. The number of likely N-dealkylation sites (tertiary alicyclic amines) is 1. The number of carboxylic acid groups (broad SMARTS) is 1. The Morgan fingerprint density at radius 2 is 1.86 bits per heavy atom. The molecule has 1 saturated heterocycles. The molecule has 0 spiro atoms. The zero-order valence-corrected chi connectivity index (χ0v) is 29.6. The number of hydrogen-bond acceptors (Lipinski definition) is 8. The van der Waals surface area contributed by atoms with Crippen molar-refractivity contribution in [2.24, 2.45) is 13.0 Å². The molecule has 0 saturated carbocycles. The van der Waals surface area contributed by atoms with Gasteiger partial charge in [0.1, 0.15) is 6.33 Å². The Bertz CT molecular complexity index is 2240. The van der Waals surface area contributed by atoms with Crippen LogP contribution in [-0.2, 0) is 31.4 Å². The number of rotatable bonds is 8. The molecule has 2 N–H and O–H groups in total. The number of fused-ring (bicyclic) bond motifs is 2. The van der Waals surface area contributed by atoms with Gasteiger partial charge in [-0.3, -0.25) is 23.9 Å². The van der Waals surface area contributed by atoms with Gasteiger partial charge in [-0.25, -0.2) is 14.4 Å². The van der Waals surface area contributed by atoms with E-state index in [1.807, 2.05) is 23.6 Å². The van der Waals surface area contributed by atoms with E-state index in [0.29, 0.717) is 59.5 Å². The lowest BCUT2D eigenvalue weighted by Crippen LogP contribution is -2.27. The minimum Gasteiger partial charge on any atom is -0.493 e. The first-order chi connectivity index (χ1) is 24.5. The van der Waals surface area contributed by atoms with Crippen molar-refractivity contribution in [3.8, 4) is 16.9 Å². The molecule has 7 rings (SSSR count). The van der Waals surface area contributed by atoms with Crippen LogP contribution in [0.3, 0.4) is 0 Å². The van der Waals surface area contributed by atoms with Gasteiger partial charge in [0, 0.05) is 62.0 Å². The Hall–Kier alpha value is -4.82. The van der Waals surface area contributed by atoms with Crippen molar-refractivity contribution >= 4 is 57.7 Å². The van der Waals surface area contributed by atoms with Gasteiger partial charge in [0.2, 0.25) is 0 Å². The quantitative estimate of drug-likeness (QED) is 0.205. The third-order valence-corrected chi connectivity index (χ3v) is 10.4. The molecule has 1 fully saturated rings. The van der Waals surface area contributed by atoms with Crippen LogP contribution in [0.2, 0.25) is 10.0 Å². The molecule has 0 bridgehead atoms. The van der Waals surface area contributed by atoms with Crippen molar-refractivity contribution in [3.05, 3.63) is 93.0 Å². The number of aromatic nitrogens is 4. The smallest absolute Gasteiger partial charge is 0.307 e. The second kappa shape index (κ2) is 13.7. The van der Waals surface area contributed by atoms with Crippen molar-refractivity contribution in [3.63, 3.8) is 0 Å². The van der Waals surface area contributed by atoms with Crippen molar-refractivity contribution < 1.29 is 28.6 Å². The van der Waals surface area contributed by atoms with Crippen molar-refractivity contribution in [1.29, 1.82) is 0 Å². The highest BCUT2D eigenvalue weighted by atomic mass is 35.5. The third kappa shape index (κ3) is 6.24. The summed E-state index contributed by atoms with van der Waals surface area (Å²) in [5.41, 5.74) is 4.22. The predicted molar refractivity (Wildman–Crippen MR) is 190 cm³/mol. The van der Waals surface area contributed by atoms with E-state index in [2.05, 4.69) is 20.2 Å². The van der Waals surface area contributed by atoms with E-state index in [-0.39, 0.29) is 28.2 Å². The fourth-order valence-electron chi connectivity index (χ4n) is 7.02. The summed E-state index contributed by atoms with van der Waals surface area (Å²) in [4.78, 5) is 51.9. The lowest BCUT2D eigenvalue weighted by Gasteiger charge is -2.21. The molecule has 15 heteroatoms. The standard InChI is InChI=1S/C36H34Cl2FN7O5/c1-43-12-11-26-25(17-43)41-33(44(26)2)34(47)42-24-8-4-6-21(29(24)38)22-7-5-9-27-31(22)40-18-46(27)35(48)28-23(37)14-20(32(51-3)30(28)39)16-45-13-10-19(15-45)36(49)50/h4-9,14,18-19H,10-13,15-17H2,1-3H3,(H,42,47)(H,49,50). The Labute approximate surface area is 302 Å². The van der Waals surface area contributed by atoms with Gasteiger partial charge in [-0.15, -0.1) is 0 Å². The van der Waals surface area contributed by atoms with Gasteiger partial charge in [-0.05, 0) is 38.2 Å². The van der Waals surface area contributed by atoms with Gasteiger partial charge in [0.25, 0.3) is 11.8 Å². The first-order valence-electron chi connectivity index (χ1n) is 16.3. The van der Waals surface area contributed by atoms with Crippen LogP contribution in [0, 0.1) is 11.7 Å². The predicted octanol–water partition coefficient (Wildman–Crippen LogP) is 5.73. The van der Waals surface area contributed by atoms with E-state index in [4.69, 9.17) is 27.9 Å². The number of halogens is 3. The summed E-state index contributed by atoms with van der Waals surface area (Å²) in [6, 6.07) is 11.9. The largest absolute Gasteiger partial charge is 0.493 e. The number of para-hydroxylation sites is 1. The van der Waals surface area contributed by atoms with Gasteiger partial charge in [-0.1, -0.05) is 47.5 Å². The van der Waals surface area contributed by atoms with Crippen LogP contribution in [0.4, 0.5) is 10.1 Å². The molecule has 1 atom stereocenters. The normalized spacial score (nSPS) is 16.4. The number of carbonyl (C=O) groups excluding carboxylic acids is 2. The number of amides is 1. The summed E-state index contributed by atoms with van der Waals surface area (Å²) >= 11 is 13.5. The first kappa shape index (κ1) is 34.6. The molecule has 0 aliphatic carbocycles. The summed E-state index contributed by atoms with van der Waals surface area (Å²) in [6.45, 7) is 2.58. The molecule has 0 radical (unpaired) electrons. The number of ether oxygens (including phenoxy) is 1. The molecular formula is C36H34Cl2FN7O5. The van der Waals surface area contributed by atoms with Gasteiger partial charge < -0.3 is 24.6 Å². The Morgan fingerprint density at radius 1 is 1.10 bits per heavy atom. The number of nitrogens with zero attached hydrogens (tertiary/aromatic N) is 6. The van der Waals surface area contributed by atoms with Crippen LogP contribution in [0.25, 0.3) is 22.2 Å². The molecule has 2 aliphatic heterocycles. The maximum absolute atomic E-state index is 16.1. The fourth-order valence-corrected chi connectivity index (χ4v) is 7.59. The maximum Gasteiger partial charge on any atom is 0.307 e. The second-order valence-corrected chi connectivity index (χ2v) is 13.7. The van der Waals surface area contributed by atoms with Gasteiger partial charge in [-0.2, -0.15) is 0 Å². The molecule has 5 aromatic rings. The van der Waals surface area contributed by atoms with Crippen molar-refractivity contribution in [2.75, 3.05) is 39.1 Å². The number of carbonyl (C=O) groups is 3. The lowest BCUT2D eigenvalue weighted by molar-refractivity contribution is -0.141. The number of benzene rings is 3. The molecule has 264 valence electrons. The molecule has 3 aromatic carbocycles. The number of anilines is 1. The summed E-state index contributed by atoms with van der Waals surface area (Å²) in [5, 5.41) is 12.4. The van der Waals surface area contributed by atoms with Crippen LogP contribution in [0.15, 0.2) is 48.8 Å². The van der Waals surface area contributed by atoms with E-state index < -0.39 is 35.1 Å². The zero-order valence-electron chi connectivity index (χ0n) is 28.0. The summed E-state index contributed by atoms with van der Waals surface area (Å²) < 4.78 is 24.5. The van der Waals surface area contributed by atoms with E-state index in [0.717, 1.165) is 24.4 Å². The SMILES string of the molecule is COc1c(CN2CCC(C(=O)O)C2)cc(Cl)c(C(=O)n2cnc3c(-c4cccc(NC(=O)c5nc6c(n5C)CCN(C)C6)c4Cl)cccc32)c1F. The van der Waals surface area contributed by atoms with Gasteiger partial charge in [0.15, 0.2) is 17.4 Å². The van der Waals surface area contributed by atoms with Crippen LogP contribution in [0.1, 0.15) is 44.3 Å². The maximum atomic E-state index is 16.1. The number of imidazole rings is 2. The first-order valence-corrected chi connectivity index (χ1v) is 17.1. The fraction of sp³-hybridized carbons (Fsp3) is 0.306. The molecule has 12 nitrogen and oxygen atoms in total. The molecule has 4 heterocycles. The molecule has 51 heavy (non-hydrogen) atoms. The number of hydrogen-bond donors (Lipinski definition) is 2. The average Bonchev–Trinajstić information content (AvgIpc) is 3.83. The van der Waals surface area contributed by atoms with Gasteiger partial charge in [0.05, 0.1) is 51.1 Å². The lowest BCUT2D eigenvalue weighted by atomic mass is 10.0. The third-order valence-electron chi connectivity index (χ3n) is 9.67. The topological polar surface area (TPSA) is 135 Å². The Kier molecular flexibility index (Phi) is 9.31. The van der Waals surface area contributed by atoms with Crippen LogP contribution in [-0.4, -0.2) is 85.6 Å². The summed E-state index contributed by atoms with van der Waals surface area (Å²) in [7, 11) is 5.15. The molecule has 1 amide bonds. The van der Waals surface area contributed by atoms with E-state index in [1.165, 1.54) is 24.1 Å². The van der Waals surface area contributed by atoms with Crippen LogP contribution >= 0.6 is 23.2 Å². The van der Waals surface area contributed by atoms with Gasteiger partial charge >= 0.3 is 5.97 Å². The van der Waals surface area contributed by atoms with E-state index >= 15 is 4.39 Å². The highest BCUT2D eigenvalue weighted by molar-refractivity contribution is 6.37. The molecule has 2 aliphatic rings. The van der Waals surface area contributed by atoms with Crippen LogP contribution < -0.4 is 10.1 Å². The molecule has 2 aromatic heterocycles. The summed E-state index contributed by atoms with van der Waals surface area (Å²) in [5.74, 6) is -3.32. The van der Waals surface area contributed by atoms with Crippen molar-refractivity contribution in [1.82, 2.24) is 28.9 Å². The minimum absolute atomic E-state index is 0.118. The number of carboxylic acids is 1. The number of methoxy groups -OCH3 is 1.